The van der Waals surface area contributed by atoms with Crippen molar-refractivity contribution in [1.82, 2.24) is 14.3 Å². The Bertz CT molecular complexity index is 967. The quantitative estimate of drug-likeness (QED) is 0.784. The van der Waals surface area contributed by atoms with E-state index in [1.165, 1.54) is 25.5 Å². The molecule has 3 rings (SSSR count). The molecule has 0 aliphatic heterocycles. The first-order valence-corrected chi connectivity index (χ1v) is 8.55. The van der Waals surface area contributed by atoms with Crippen molar-refractivity contribution in [1.29, 1.82) is 0 Å². The van der Waals surface area contributed by atoms with E-state index in [1.807, 2.05) is 18.2 Å². The van der Waals surface area contributed by atoms with E-state index in [-0.39, 0.29) is 11.5 Å². The maximum absolute atomic E-state index is 12.5. The summed E-state index contributed by atoms with van der Waals surface area (Å²) in [4.78, 5) is 18.9. The van der Waals surface area contributed by atoms with Gasteiger partial charge in [-0.1, -0.05) is 30.3 Å². The highest BCUT2D eigenvalue weighted by atomic mass is 32.2. The molecule has 8 heteroatoms. The van der Waals surface area contributed by atoms with Crippen LogP contribution in [-0.2, 0) is 21.4 Å². The zero-order valence-corrected chi connectivity index (χ0v) is 13.7. The molecule has 0 fully saturated rings. The van der Waals surface area contributed by atoms with Crippen LogP contribution in [-0.4, -0.2) is 35.8 Å². The van der Waals surface area contributed by atoms with Crippen molar-refractivity contribution in [2.75, 3.05) is 7.05 Å². The van der Waals surface area contributed by atoms with E-state index < -0.39 is 16.1 Å². The molecule has 1 N–H and O–H groups in total. The molecule has 0 atom stereocenters. The maximum atomic E-state index is 12.5. The third-order valence-electron chi connectivity index (χ3n) is 3.51. The molecule has 124 valence electrons. The van der Waals surface area contributed by atoms with Gasteiger partial charge in [-0.3, -0.25) is 0 Å². The zero-order valence-electron chi connectivity index (χ0n) is 12.8. The molecule has 1 amide bonds. The first-order chi connectivity index (χ1) is 11.5. The topological polar surface area (TPSA) is 92.4 Å². The van der Waals surface area contributed by atoms with Gasteiger partial charge in [0.1, 0.15) is 6.61 Å². The standard InChI is InChI=1S/C16H15N3O4S/c1-19(16(20)23-10-12-5-3-2-4-6-12)24(21,22)13-7-8-14-15(9-13)18-11-17-14/h2-9,11H,10H2,1H3,(H,17,18). The Morgan fingerprint density at radius 1 is 1.21 bits per heavy atom. The first kappa shape index (κ1) is 16.0. The Balaban J connectivity index is 1.76. The third kappa shape index (κ3) is 3.09. The van der Waals surface area contributed by atoms with E-state index in [0.29, 0.717) is 15.3 Å². The van der Waals surface area contributed by atoms with Crippen LogP contribution in [0.3, 0.4) is 0 Å². The van der Waals surface area contributed by atoms with E-state index in [2.05, 4.69) is 9.97 Å². The minimum absolute atomic E-state index is 0.000876. The maximum Gasteiger partial charge on any atom is 0.423 e. The monoisotopic (exact) mass is 345 g/mol. The van der Waals surface area contributed by atoms with E-state index >= 15 is 0 Å². The number of hydrogen-bond acceptors (Lipinski definition) is 5. The van der Waals surface area contributed by atoms with E-state index in [9.17, 15) is 13.2 Å². The lowest BCUT2D eigenvalue weighted by molar-refractivity contribution is 0.124. The van der Waals surface area contributed by atoms with Gasteiger partial charge in [-0.15, -0.1) is 0 Å². The molecule has 0 aliphatic carbocycles. The molecule has 7 nitrogen and oxygen atoms in total. The van der Waals surface area contributed by atoms with Gasteiger partial charge in [0.15, 0.2) is 0 Å². The SMILES string of the molecule is CN(C(=O)OCc1ccccc1)S(=O)(=O)c1ccc2nc[nH]c2c1. The number of sulfonamides is 1. The van der Waals surface area contributed by atoms with Gasteiger partial charge < -0.3 is 9.72 Å². The molecule has 0 unspecified atom stereocenters. The minimum atomic E-state index is -4.00. The molecular formula is C16H15N3O4S. The Morgan fingerprint density at radius 2 is 1.96 bits per heavy atom. The average Bonchev–Trinajstić information content (AvgIpc) is 3.07. The largest absolute Gasteiger partial charge is 0.444 e. The van der Waals surface area contributed by atoms with Crippen molar-refractivity contribution in [2.24, 2.45) is 0 Å². The van der Waals surface area contributed by atoms with Crippen molar-refractivity contribution >= 4 is 27.1 Å². The Hall–Kier alpha value is -2.87. The predicted molar refractivity (Wildman–Crippen MR) is 87.7 cm³/mol. The number of ether oxygens (including phenoxy) is 1. The number of benzene rings is 2. The summed E-state index contributed by atoms with van der Waals surface area (Å²) in [7, 11) is -2.83. The molecule has 0 aliphatic rings. The molecule has 2 aromatic carbocycles. The molecule has 1 aromatic heterocycles. The van der Waals surface area contributed by atoms with Gasteiger partial charge in [-0.2, -0.15) is 0 Å². The third-order valence-corrected chi connectivity index (χ3v) is 5.23. The van der Waals surface area contributed by atoms with E-state index in [0.717, 1.165) is 5.56 Å². The molecule has 0 bridgehead atoms. The number of H-pyrrole nitrogens is 1. The summed E-state index contributed by atoms with van der Waals surface area (Å²) in [6, 6.07) is 13.4. The number of aromatic nitrogens is 2. The molecule has 0 saturated carbocycles. The number of carbonyl (C=O) groups excluding carboxylic acids is 1. The summed E-state index contributed by atoms with van der Waals surface area (Å²) in [6.07, 6.45) is 0.530. The highest BCUT2D eigenvalue weighted by molar-refractivity contribution is 7.89. The molecule has 0 radical (unpaired) electrons. The van der Waals surface area contributed by atoms with Crippen LogP contribution in [0, 0.1) is 0 Å². The summed E-state index contributed by atoms with van der Waals surface area (Å²) in [5.41, 5.74) is 1.99. The second-order valence-corrected chi connectivity index (χ2v) is 7.06. The van der Waals surface area contributed by atoms with E-state index in [1.54, 1.807) is 18.2 Å². The van der Waals surface area contributed by atoms with Crippen molar-refractivity contribution in [3.05, 3.63) is 60.4 Å². The second-order valence-electron chi connectivity index (χ2n) is 5.09. The van der Waals surface area contributed by atoms with Crippen LogP contribution in [0.2, 0.25) is 0 Å². The van der Waals surface area contributed by atoms with Gasteiger partial charge in [0.25, 0.3) is 10.0 Å². The van der Waals surface area contributed by atoms with Gasteiger partial charge >= 0.3 is 6.09 Å². The predicted octanol–water partition coefficient (Wildman–Crippen LogP) is 2.52. The summed E-state index contributed by atoms with van der Waals surface area (Å²) < 4.78 is 30.7. The summed E-state index contributed by atoms with van der Waals surface area (Å²) in [5.74, 6) is 0. The number of nitrogens with zero attached hydrogens (tertiary/aromatic N) is 2. The van der Waals surface area contributed by atoms with Crippen LogP contribution in [0.25, 0.3) is 11.0 Å². The molecule has 24 heavy (non-hydrogen) atoms. The summed E-state index contributed by atoms with van der Waals surface area (Å²) in [5, 5.41) is 0. The number of hydrogen-bond donors (Lipinski definition) is 1. The zero-order chi connectivity index (χ0) is 17.2. The number of amides is 1. The lowest BCUT2D eigenvalue weighted by Crippen LogP contribution is -2.33. The van der Waals surface area contributed by atoms with Crippen molar-refractivity contribution in [3.63, 3.8) is 0 Å². The Labute approximate surface area is 138 Å². The first-order valence-electron chi connectivity index (χ1n) is 7.11. The highest BCUT2D eigenvalue weighted by Gasteiger charge is 2.27. The number of carbonyl (C=O) groups is 1. The number of fused-ring (bicyclic) bond motifs is 1. The van der Waals surface area contributed by atoms with E-state index in [4.69, 9.17) is 4.74 Å². The fourth-order valence-electron chi connectivity index (χ4n) is 2.14. The summed E-state index contributed by atoms with van der Waals surface area (Å²) >= 11 is 0. The highest BCUT2D eigenvalue weighted by Crippen LogP contribution is 2.19. The molecule has 0 spiro atoms. The van der Waals surface area contributed by atoms with Crippen LogP contribution in [0.5, 0.6) is 0 Å². The van der Waals surface area contributed by atoms with Crippen molar-refractivity contribution in [3.8, 4) is 0 Å². The molecule has 3 aromatic rings. The van der Waals surface area contributed by atoms with Crippen LogP contribution < -0.4 is 0 Å². The van der Waals surface area contributed by atoms with Gasteiger partial charge in [0.05, 0.1) is 22.3 Å². The summed E-state index contributed by atoms with van der Waals surface area (Å²) in [6.45, 7) is -0.000876. The van der Waals surface area contributed by atoms with Crippen molar-refractivity contribution in [2.45, 2.75) is 11.5 Å². The van der Waals surface area contributed by atoms with Gasteiger partial charge in [0.2, 0.25) is 0 Å². The molecular weight excluding hydrogens is 330 g/mol. The molecule has 0 saturated heterocycles. The van der Waals surface area contributed by atoms with Gasteiger partial charge in [-0.05, 0) is 23.8 Å². The van der Waals surface area contributed by atoms with Gasteiger partial charge in [0, 0.05) is 7.05 Å². The number of nitrogens with one attached hydrogen (secondary N) is 1. The van der Waals surface area contributed by atoms with Crippen LogP contribution in [0.15, 0.2) is 59.8 Å². The lowest BCUT2D eigenvalue weighted by atomic mass is 10.2. The normalized spacial score (nSPS) is 11.4. The fraction of sp³-hybridized carbons (Fsp3) is 0.125. The Morgan fingerprint density at radius 3 is 2.71 bits per heavy atom. The van der Waals surface area contributed by atoms with Crippen molar-refractivity contribution < 1.29 is 17.9 Å². The number of aromatic amines is 1. The number of imidazole rings is 1. The average molecular weight is 345 g/mol. The second kappa shape index (κ2) is 6.32. The van der Waals surface area contributed by atoms with Crippen LogP contribution >= 0.6 is 0 Å². The lowest BCUT2D eigenvalue weighted by Gasteiger charge is -2.17. The minimum Gasteiger partial charge on any atom is -0.444 e. The molecule has 1 heterocycles. The fourth-order valence-corrected chi connectivity index (χ4v) is 3.21. The van der Waals surface area contributed by atoms with Crippen LogP contribution in [0.1, 0.15) is 5.56 Å². The van der Waals surface area contributed by atoms with Gasteiger partial charge in [-0.25, -0.2) is 22.5 Å². The number of rotatable bonds is 4. The Kier molecular flexibility index (Phi) is 4.22. The van der Waals surface area contributed by atoms with Crippen LogP contribution in [0.4, 0.5) is 4.79 Å². The smallest absolute Gasteiger partial charge is 0.423 e.